The Morgan fingerprint density at radius 3 is 2.80 bits per heavy atom. The summed E-state index contributed by atoms with van der Waals surface area (Å²) in [5, 5.41) is 15.2. The van der Waals surface area contributed by atoms with E-state index in [0.717, 1.165) is 6.42 Å². The predicted octanol–water partition coefficient (Wildman–Crippen LogP) is 1.54. The third kappa shape index (κ3) is 3.34. The largest absolute Gasteiger partial charge is 0.497 e. The van der Waals surface area contributed by atoms with Gasteiger partial charge in [-0.15, -0.1) is 0 Å². The first-order valence-electron chi connectivity index (χ1n) is 9.64. The number of anilines is 1. The average molecular weight is 413 g/mol. The number of hydrogen-bond donors (Lipinski definition) is 3. The molecule has 2 aromatic heterocycles. The van der Waals surface area contributed by atoms with Gasteiger partial charge in [0.25, 0.3) is 0 Å². The van der Waals surface area contributed by atoms with Crippen LogP contribution in [0.4, 0.5) is 5.95 Å². The lowest BCUT2D eigenvalue weighted by atomic mass is 9.92. The van der Waals surface area contributed by atoms with Gasteiger partial charge in [0, 0.05) is 13.1 Å². The summed E-state index contributed by atoms with van der Waals surface area (Å²) in [5.74, 6) is -0.400. The van der Waals surface area contributed by atoms with Crippen LogP contribution in [-0.4, -0.2) is 50.7 Å². The Bertz CT molecular complexity index is 1150. The second-order valence-electron chi connectivity index (χ2n) is 7.14. The van der Waals surface area contributed by atoms with Crippen LogP contribution in [0.2, 0.25) is 0 Å². The number of nitrogens with one attached hydrogen (secondary N) is 1. The molecule has 0 radical (unpaired) electrons. The molecule has 3 aromatic rings. The zero-order valence-electron chi connectivity index (χ0n) is 17.7. The number of benzene rings is 1. The number of aromatic nitrogens is 4. The van der Waals surface area contributed by atoms with Crippen molar-refractivity contribution in [3.8, 4) is 5.75 Å². The van der Waals surface area contributed by atoms with Gasteiger partial charge in [0.05, 0.1) is 18.7 Å². The van der Waals surface area contributed by atoms with Crippen LogP contribution in [0.5, 0.6) is 5.75 Å². The van der Waals surface area contributed by atoms with Crippen LogP contribution in [-0.2, 0) is 10.3 Å². The van der Waals surface area contributed by atoms with Gasteiger partial charge in [0.15, 0.2) is 16.7 Å². The lowest BCUT2D eigenvalue weighted by molar-refractivity contribution is -0.144. The molecule has 3 rings (SSSR count). The first-order valence-corrected chi connectivity index (χ1v) is 9.64. The first-order chi connectivity index (χ1) is 14.3. The number of hydrogen-bond acceptors (Lipinski definition) is 7. The number of rotatable bonds is 7. The van der Waals surface area contributed by atoms with Crippen molar-refractivity contribution in [2.45, 2.75) is 38.8 Å². The molecule has 2 heterocycles. The van der Waals surface area contributed by atoms with Crippen LogP contribution in [0.15, 0.2) is 35.5 Å². The first kappa shape index (κ1) is 21.2. The molecule has 2 unspecified atom stereocenters. The zero-order chi connectivity index (χ0) is 22.1. The van der Waals surface area contributed by atoms with Crippen molar-refractivity contribution < 1.29 is 14.6 Å². The molecule has 0 amide bonds. The quantitative estimate of drug-likeness (QED) is 0.535. The van der Waals surface area contributed by atoms with E-state index in [-0.39, 0.29) is 12.0 Å². The van der Waals surface area contributed by atoms with E-state index in [1.807, 2.05) is 13.8 Å². The molecule has 4 N–H and O–H groups in total. The predicted molar refractivity (Wildman–Crippen MR) is 114 cm³/mol. The molecule has 1 aromatic carbocycles. The Morgan fingerprint density at radius 2 is 2.20 bits per heavy atom. The lowest BCUT2D eigenvalue weighted by Crippen LogP contribution is -2.41. The number of nitrogen functional groups attached to an aromatic ring is 1. The fraction of sp³-hybridized carbons (Fsp3) is 0.400. The van der Waals surface area contributed by atoms with Crippen LogP contribution in [0.3, 0.4) is 0 Å². The van der Waals surface area contributed by atoms with E-state index in [4.69, 9.17) is 15.5 Å². The van der Waals surface area contributed by atoms with Gasteiger partial charge in [0.1, 0.15) is 5.75 Å². The fourth-order valence-electron chi connectivity index (χ4n) is 3.23. The number of carbonyl (C=O) groups is 1. The zero-order valence-corrected chi connectivity index (χ0v) is 17.7. The summed E-state index contributed by atoms with van der Waals surface area (Å²) in [6.07, 6.45) is 2.40. The normalized spacial score (nSPS) is 15.0. The molecule has 0 aliphatic rings. The molecule has 2 atom stereocenters. The molecule has 0 saturated carbocycles. The summed E-state index contributed by atoms with van der Waals surface area (Å²) in [6, 6.07) is 6.91. The van der Waals surface area contributed by atoms with Gasteiger partial charge in [-0.2, -0.15) is 10.1 Å². The summed E-state index contributed by atoms with van der Waals surface area (Å²) in [6.45, 7) is 5.59. The van der Waals surface area contributed by atoms with E-state index in [2.05, 4.69) is 15.5 Å². The van der Waals surface area contributed by atoms with Gasteiger partial charge < -0.3 is 21.0 Å². The number of carboxylic acids is 1. The molecule has 0 aliphatic carbocycles. The molecule has 0 bridgehead atoms. The van der Waals surface area contributed by atoms with Gasteiger partial charge >= 0.3 is 5.97 Å². The fourth-order valence-corrected chi connectivity index (χ4v) is 3.23. The Balaban J connectivity index is 2.37. The molecule has 0 spiro atoms. The maximum absolute atomic E-state index is 12.5. The molecule has 0 saturated heterocycles. The van der Waals surface area contributed by atoms with Crippen molar-refractivity contribution in [1.82, 2.24) is 19.4 Å². The molecule has 30 heavy (non-hydrogen) atoms. The van der Waals surface area contributed by atoms with Crippen molar-refractivity contribution in [3.63, 3.8) is 0 Å². The second-order valence-corrected chi connectivity index (χ2v) is 7.14. The van der Waals surface area contributed by atoms with Gasteiger partial charge in [-0.3, -0.25) is 4.99 Å². The van der Waals surface area contributed by atoms with Crippen molar-refractivity contribution in [2.75, 3.05) is 25.3 Å². The second kappa shape index (κ2) is 8.05. The maximum atomic E-state index is 12.5. The van der Waals surface area contributed by atoms with Crippen LogP contribution >= 0.6 is 0 Å². The van der Waals surface area contributed by atoms with Crippen molar-refractivity contribution in [2.24, 2.45) is 4.99 Å². The summed E-state index contributed by atoms with van der Waals surface area (Å²) >= 11 is 0. The van der Waals surface area contributed by atoms with Crippen LogP contribution in [0, 0.1) is 0 Å². The Kier molecular flexibility index (Phi) is 5.68. The number of methoxy groups -OCH3 is 1. The Morgan fingerprint density at radius 1 is 1.47 bits per heavy atom. The number of nitrogens with zero attached hydrogens (tertiary/aromatic N) is 5. The lowest BCUT2D eigenvalue weighted by Gasteiger charge is -2.27. The molecule has 0 fully saturated rings. The minimum atomic E-state index is -1.55. The highest BCUT2D eigenvalue weighted by Crippen LogP contribution is 2.31. The Labute approximate surface area is 174 Å². The number of nitrogens with two attached hydrogens (primary N) is 1. The molecule has 10 nitrogen and oxygen atoms in total. The molecule has 10 heteroatoms. The summed E-state index contributed by atoms with van der Waals surface area (Å²) < 4.78 is 8.20. The summed E-state index contributed by atoms with van der Waals surface area (Å²) in [7, 11) is 3.24. The molecule has 160 valence electrons. The summed E-state index contributed by atoms with van der Waals surface area (Å²) in [4.78, 5) is 21.7. The van der Waals surface area contributed by atoms with Crippen molar-refractivity contribution in [3.05, 3.63) is 41.5 Å². The third-order valence-electron chi connectivity index (χ3n) is 5.28. The highest BCUT2D eigenvalue weighted by atomic mass is 16.5. The number of fused-ring (bicyclic) bond motifs is 1. The average Bonchev–Trinajstić information content (AvgIpc) is 3.16. The van der Waals surface area contributed by atoms with E-state index < -0.39 is 11.5 Å². The highest BCUT2D eigenvalue weighted by molar-refractivity contribution is 5.84. The van der Waals surface area contributed by atoms with E-state index in [1.54, 1.807) is 49.1 Å². The maximum Gasteiger partial charge on any atom is 0.336 e. The van der Waals surface area contributed by atoms with Gasteiger partial charge in [-0.1, -0.05) is 19.1 Å². The Hall–Kier alpha value is -3.56. The van der Waals surface area contributed by atoms with Gasteiger partial charge in [-0.05, 0) is 38.0 Å². The highest BCUT2D eigenvalue weighted by Gasteiger charge is 2.40. The number of ether oxygens (including phenoxy) is 1. The van der Waals surface area contributed by atoms with E-state index in [0.29, 0.717) is 27.8 Å². The minimum Gasteiger partial charge on any atom is -0.497 e. The molecular formula is C20H27N7O3. The van der Waals surface area contributed by atoms with Crippen molar-refractivity contribution >= 4 is 23.0 Å². The number of carboxylic acid groups (broad SMARTS) is 1. The van der Waals surface area contributed by atoms with Gasteiger partial charge in [0.2, 0.25) is 5.95 Å². The van der Waals surface area contributed by atoms with Crippen LogP contribution < -0.4 is 21.4 Å². The molecule has 0 aliphatic heterocycles. The smallest absolute Gasteiger partial charge is 0.336 e. The molecular weight excluding hydrogens is 386 g/mol. The topological polar surface area (TPSA) is 133 Å². The summed E-state index contributed by atoms with van der Waals surface area (Å²) in [5.41, 5.74) is 8.95. The van der Waals surface area contributed by atoms with Crippen LogP contribution in [0.25, 0.3) is 11.0 Å². The monoisotopic (exact) mass is 413 g/mol. The minimum absolute atomic E-state index is 0.0298. The standard InChI is InChI=1S/C20H27N7O3/c1-6-12(2)24-16-15-11-23-27(17(15)25-19(21)26(16)22-4)20(3,18(28)29)13-8-7-9-14(10-13)30-5/h7-12,22H,6H2,1-5H3,(H2,21,25)(H,28,29)/b24-16-. The van der Waals surface area contributed by atoms with Crippen molar-refractivity contribution in [1.29, 1.82) is 0 Å². The van der Waals surface area contributed by atoms with E-state index in [1.165, 1.54) is 11.8 Å². The van der Waals surface area contributed by atoms with Crippen LogP contribution in [0.1, 0.15) is 32.8 Å². The SMILES string of the molecule is CCC(C)/N=c1/c2cnn(C(C)(C(=O)O)c3cccc(OC)c3)c2nc(N)n1NC. The van der Waals surface area contributed by atoms with Gasteiger partial charge in [-0.25, -0.2) is 14.2 Å². The number of aliphatic carboxylic acids is 1. The van der Waals surface area contributed by atoms with E-state index in [9.17, 15) is 9.90 Å². The third-order valence-corrected chi connectivity index (χ3v) is 5.28. The van der Waals surface area contributed by atoms with E-state index >= 15 is 0 Å².